The highest BCUT2D eigenvalue weighted by molar-refractivity contribution is 6.04. The van der Waals surface area contributed by atoms with E-state index in [1.807, 2.05) is 13.0 Å². The Labute approximate surface area is 120 Å². The third-order valence-electron chi connectivity index (χ3n) is 4.09. The normalized spacial score (nSPS) is 21.9. The number of nitrogens with two attached hydrogens (primary N) is 1. The first-order valence-corrected chi connectivity index (χ1v) is 6.67. The third-order valence-corrected chi connectivity index (χ3v) is 4.09. The van der Waals surface area contributed by atoms with Gasteiger partial charge in [0.1, 0.15) is 11.3 Å². The molecule has 1 unspecified atom stereocenters. The lowest BCUT2D eigenvalue weighted by Gasteiger charge is -2.20. The van der Waals surface area contributed by atoms with Crippen LogP contribution >= 0.6 is 0 Å². The second-order valence-electron chi connectivity index (χ2n) is 5.67. The summed E-state index contributed by atoms with van der Waals surface area (Å²) in [6, 6.07) is 5.20. The van der Waals surface area contributed by atoms with Crippen LogP contribution in [0.1, 0.15) is 29.5 Å². The number of aromatic nitrogens is 2. The lowest BCUT2D eigenvalue weighted by Crippen LogP contribution is -2.32. The summed E-state index contributed by atoms with van der Waals surface area (Å²) in [5.41, 5.74) is 6.61. The molecule has 1 saturated heterocycles. The van der Waals surface area contributed by atoms with Crippen LogP contribution in [0.4, 0.5) is 4.79 Å². The van der Waals surface area contributed by atoms with E-state index in [1.54, 1.807) is 12.1 Å². The molecule has 2 amide bonds. The molecule has 0 aliphatic carbocycles. The molecule has 21 heavy (non-hydrogen) atoms. The Balaban J connectivity index is 2.04. The molecule has 0 saturated carbocycles. The molecule has 0 radical (unpaired) electrons. The van der Waals surface area contributed by atoms with E-state index < -0.39 is 12.0 Å². The van der Waals surface area contributed by atoms with E-state index in [0.29, 0.717) is 36.4 Å². The Morgan fingerprint density at radius 3 is 2.86 bits per heavy atom. The van der Waals surface area contributed by atoms with E-state index in [-0.39, 0.29) is 5.41 Å². The minimum Gasteiger partial charge on any atom is -0.465 e. The van der Waals surface area contributed by atoms with Gasteiger partial charge in [-0.2, -0.15) is 0 Å². The number of hydrogen-bond donors (Lipinski definition) is 3. The summed E-state index contributed by atoms with van der Waals surface area (Å²) in [5, 5.41) is 9.08. The van der Waals surface area contributed by atoms with Gasteiger partial charge in [0.25, 0.3) is 5.91 Å². The number of carbonyl (C=O) groups is 2. The predicted octanol–water partition coefficient (Wildman–Crippen LogP) is 1.30. The van der Waals surface area contributed by atoms with Crippen molar-refractivity contribution in [1.29, 1.82) is 0 Å². The van der Waals surface area contributed by atoms with E-state index in [9.17, 15) is 9.59 Å². The van der Waals surface area contributed by atoms with E-state index >= 15 is 0 Å². The number of carboxylic acid groups (broad SMARTS) is 1. The molecule has 4 N–H and O–H groups in total. The summed E-state index contributed by atoms with van der Waals surface area (Å²) < 4.78 is 0. The average molecular weight is 288 g/mol. The van der Waals surface area contributed by atoms with Gasteiger partial charge in [0.15, 0.2) is 0 Å². The molecule has 1 aromatic carbocycles. The van der Waals surface area contributed by atoms with Crippen LogP contribution in [-0.4, -0.2) is 45.1 Å². The third kappa shape index (κ3) is 2.10. The lowest BCUT2D eigenvalue weighted by atomic mass is 9.89. The number of rotatable bonds is 2. The summed E-state index contributed by atoms with van der Waals surface area (Å²) in [5.74, 6) is 0.164. The van der Waals surface area contributed by atoms with Crippen molar-refractivity contribution in [2.75, 3.05) is 13.1 Å². The fourth-order valence-electron chi connectivity index (χ4n) is 2.83. The summed E-state index contributed by atoms with van der Waals surface area (Å²) >= 11 is 0. The fraction of sp³-hybridized carbons (Fsp3) is 0.357. The maximum Gasteiger partial charge on any atom is 0.407 e. The van der Waals surface area contributed by atoms with Crippen LogP contribution in [-0.2, 0) is 5.41 Å². The first-order chi connectivity index (χ1) is 9.90. The number of nitrogens with zero attached hydrogens (tertiary/aromatic N) is 2. The van der Waals surface area contributed by atoms with Gasteiger partial charge in [-0.25, -0.2) is 9.78 Å². The first-order valence-electron chi connectivity index (χ1n) is 6.67. The summed E-state index contributed by atoms with van der Waals surface area (Å²) in [6.45, 7) is 2.83. The van der Waals surface area contributed by atoms with Crippen LogP contribution in [0.2, 0.25) is 0 Å². The highest BCUT2D eigenvalue weighted by atomic mass is 16.4. The molecule has 2 heterocycles. The van der Waals surface area contributed by atoms with Crippen molar-refractivity contribution >= 4 is 23.0 Å². The molecule has 0 spiro atoms. The van der Waals surface area contributed by atoms with Crippen molar-refractivity contribution < 1.29 is 14.7 Å². The number of carbonyl (C=O) groups excluding carboxylic acids is 1. The van der Waals surface area contributed by atoms with Crippen LogP contribution in [0, 0.1) is 0 Å². The van der Waals surface area contributed by atoms with Crippen LogP contribution in [0.3, 0.4) is 0 Å². The zero-order valence-electron chi connectivity index (χ0n) is 11.6. The standard InChI is InChI=1S/C14H16N4O3/c1-14(5-6-18(7-14)13(20)21)12-16-9-4-2-3-8(11(15)19)10(9)17-12/h2-4H,5-7H2,1H3,(H2,15,19)(H,16,17)(H,20,21). The van der Waals surface area contributed by atoms with Crippen molar-refractivity contribution in [2.45, 2.75) is 18.8 Å². The molecule has 3 rings (SSSR count). The topological polar surface area (TPSA) is 112 Å². The van der Waals surface area contributed by atoms with Crippen molar-refractivity contribution in [2.24, 2.45) is 5.73 Å². The number of amides is 2. The number of nitrogens with one attached hydrogen (secondary N) is 1. The van der Waals surface area contributed by atoms with Gasteiger partial charge in [-0.3, -0.25) is 4.79 Å². The molecule has 7 heteroatoms. The van der Waals surface area contributed by atoms with Gasteiger partial charge in [-0.05, 0) is 18.6 Å². The molecule has 1 fully saturated rings. The zero-order chi connectivity index (χ0) is 15.2. The Kier molecular flexibility index (Phi) is 2.86. The molecular weight excluding hydrogens is 272 g/mol. The molecular formula is C14H16N4O3. The maximum atomic E-state index is 11.4. The number of hydrogen-bond acceptors (Lipinski definition) is 3. The minimum atomic E-state index is -0.923. The highest BCUT2D eigenvalue weighted by Crippen LogP contribution is 2.33. The summed E-state index contributed by atoms with van der Waals surface area (Å²) in [6.07, 6.45) is -0.238. The molecule has 2 aromatic rings. The number of benzene rings is 1. The van der Waals surface area contributed by atoms with E-state index in [1.165, 1.54) is 4.90 Å². The number of likely N-dealkylation sites (tertiary alicyclic amines) is 1. The first kappa shape index (κ1) is 13.4. The van der Waals surface area contributed by atoms with E-state index in [2.05, 4.69) is 9.97 Å². The Hall–Kier alpha value is -2.57. The number of fused-ring (bicyclic) bond motifs is 1. The van der Waals surface area contributed by atoms with E-state index in [0.717, 1.165) is 5.52 Å². The fourth-order valence-corrected chi connectivity index (χ4v) is 2.83. The summed E-state index contributed by atoms with van der Waals surface area (Å²) in [7, 11) is 0. The van der Waals surface area contributed by atoms with Crippen molar-refractivity contribution in [3.63, 3.8) is 0 Å². The zero-order valence-corrected chi connectivity index (χ0v) is 11.6. The molecule has 1 aromatic heterocycles. The largest absolute Gasteiger partial charge is 0.465 e. The van der Waals surface area contributed by atoms with Crippen LogP contribution in [0.15, 0.2) is 18.2 Å². The smallest absolute Gasteiger partial charge is 0.407 e. The van der Waals surface area contributed by atoms with Crippen molar-refractivity contribution in [3.8, 4) is 0 Å². The molecule has 1 aliphatic heterocycles. The SMILES string of the molecule is CC1(c2nc3c(C(N)=O)cccc3[nH]2)CCN(C(=O)O)C1. The van der Waals surface area contributed by atoms with Crippen LogP contribution < -0.4 is 5.73 Å². The average Bonchev–Trinajstić information content (AvgIpc) is 3.02. The van der Waals surface area contributed by atoms with Crippen molar-refractivity contribution in [1.82, 2.24) is 14.9 Å². The molecule has 1 aliphatic rings. The number of primary amides is 1. The minimum absolute atomic E-state index is 0.367. The predicted molar refractivity (Wildman–Crippen MR) is 76.2 cm³/mol. The van der Waals surface area contributed by atoms with Gasteiger partial charge >= 0.3 is 6.09 Å². The number of imidazole rings is 1. The van der Waals surface area contributed by atoms with Gasteiger partial charge in [0, 0.05) is 18.5 Å². The number of aromatic amines is 1. The van der Waals surface area contributed by atoms with Gasteiger partial charge in [-0.15, -0.1) is 0 Å². The van der Waals surface area contributed by atoms with Crippen LogP contribution in [0.25, 0.3) is 11.0 Å². The maximum absolute atomic E-state index is 11.4. The number of H-pyrrole nitrogens is 1. The second kappa shape index (κ2) is 4.47. The Morgan fingerprint density at radius 1 is 1.48 bits per heavy atom. The van der Waals surface area contributed by atoms with Gasteiger partial charge in [-0.1, -0.05) is 13.0 Å². The Bertz CT molecular complexity index is 739. The summed E-state index contributed by atoms with van der Waals surface area (Å²) in [4.78, 5) is 31.6. The van der Waals surface area contributed by atoms with Gasteiger partial charge < -0.3 is 20.7 Å². The second-order valence-corrected chi connectivity index (χ2v) is 5.67. The molecule has 0 bridgehead atoms. The van der Waals surface area contributed by atoms with E-state index in [4.69, 9.17) is 10.8 Å². The molecule has 110 valence electrons. The molecule has 7 nitrogen and oxygen atoms in total. The molecule has 1 atom stereocenters. The Morgan fingerprint density at radius 2 is 2.24 bits per heavy atom. The quantitative estimate of drug-likeness (QED) is 0.773. The monoisotopic (exact) mass is 288 g/mol. The lowest BCUT2D eigenvalue weighted by molar-refractivity contribution is 0.100. The van der Waals surface area contributed by atoms with Gasteiger partial charge in [0.2, 0.25) is 0 Å². The highest BCUT2D eigenvalue weighted by Gasteiger charge is 2.40. The number of para-hydroxylation sites is 1. The van der Waals surface area contributed by atoms with Gasteiger partial charge in [0.05, 0.1) is 11.1 Å². The van der Waals surface area contributed by atoms with Crippen molar-refractivity contribution in [3.05, 3.63) is 29.6 Å². The van der Waals surface area contributed by atoms with Crippen LogP contribution in [0.5, 0.6) is 0 Å².